The summed E-state index contributed by atoms with van der Waals surface area (Å²) in [4.78, 5) is 0.399. The minimum Gasteiger partial charge on any atom is -0.497 e. The highest BCUT2D eigenvalue weighted by molar-refractivity contribution is 7.89. The second-order valence-electron chi connectivity index (χ2n) is 7.07. The summed E-state index contributed by atoms with van der Waals surface area (Å²) in [7, 11) is -1.82. The van der Waals surface area contributed by atoms with E-state index in [0.717, 1.165) is 36.1 Å². The predicted molar refractivity (Wildman–Crippen MR) is 104 cm³/mol. The van der Waals surface area contributed by atoms with E-state index in [1.165, 1.54) is 5.56 Å². The summed E-state index contributed by atoms with van der Waals surface area (Å²) >= 11 is 0. The number of ether oxygens (including phenoxy) is 1. The van der Waals surface area contributed by atoms with Crippen molar-refractivity contribution in [1.29, 1.82) is 0 Å². The van der Waals surface area contributed by atoms with Gasteiger partial charge in [0.25, 0.3) is 0 Å². The molecule has 0 amide bonds. The highest BCUT2D eigenvalue weighted by atomic mass is 32.2. The van der Waals surface area contributed by atoms with Crippen molar-refractivity contribution < 1.29 is 13.2 Å². The lowest BCUT2D eigenvalue weighted by Gasteiger charge is -2.24. The molecule has 0 aliphatic carbocycles. The molecule has 1 heterocycles. The van der Waals surface area contributed by atoms with E-state index >= 15 is 0 Å². The number of methoxy groups -OCH3 is 1. The molecular formula is C21H27NO3S. The van der Waals surface area contributed by atoms with E-state index in [2.05, 4.69) is 12.1 Å². The van der Waals surface area contributed by atoms with E-state index in [9.17, 15) is 8.42 Å². The second kappa shape index (κ2) is 7.80. The molecule has 1 atom stereocenters. The number of sulfonamides is 1. The molecule has 0 radical (unpaired) electrons. The van der Waals surface area contributed by atoms with Gasteiger partial charge in [0.05, 0.1) is 12.0 Å². The van der Waals surface area contributed by atoms with Gasteiger partial charge in [-0.3, -0.25) is 0 Å². The lowest BCUT2D eigenvalue weighted by molar-refractivity contribution is 0.404. The average molecular weight is 374 g/mol. The Hall–Kier alpha value is -1.85. The summed E-state index contributed by atoms with van der Waals surface area (Å²) in [5.74, 6) is 1.03. The van der Waals surface area contributed by atoms with Crippen LogP contribution in [0, 0.1) is 13.8 Å². The molecular weight excluding hydrogens is 346 g/mol. The Kier molecular flexibility index (Phi) is 5.68. The molecule has 2 aromatic carbocycles. The fourth-order valence-corrected chi connectivity index (χ4v) is 5.11. The molecule has 5 heteroatoms. The normalized spacial score (nSPS) is 19.1. The third kappa shape index (κ3) is 3.94. The lowest BCUT2D eigenvalue weighted by atomic mass is 9.94. The number of hydrogen-bond acceptors (Lipinski definition) is 3. The molecule has 26 heavy (non-hydrogen) atoms. The van der Waals surface area contributed by atoms with Gasteiger partial charge in [-0.15, -0.1) is 0 Å². The largest absolute Gasteiger partial charge is 0.497 e. The third-order valence-corrected chi connectivity index (χ3v) is 7.20. The Bertz CT molecular complexity index is 859. The summed E-state index contributed by atoms with van der Waals surface area (Å²) in [6.07, 6.45) is 2.94. The van der Waals surface area contributed by atoms with Gasteiger partial charge in [-0.25, -0.2) is 8.42 Å². The predicted octanol–water partition coefficient (Wildman–Crippen LogP) is 4.27. The quantitative estimate of drug-likeness (QED) is 0.804. The van der Waals surface area contributed by atoms with Crippen LogP contribution < -0.4 is 4.74 Å². The molecule has 0 bridgehead atoms. The Balaban J connectivity index is 1.87. The summed E-state index contributed by atoms with van der Waals surface area (Å²) in [5, 5.41) is 0. The van der Waals surface area contributed by atoms with E-state index < -0.39 is 10.0 Å². The molecule has 1 saturated heterocycles. The van der Waals surface area contributed by atoms with Crippen LogP contribution >= 0.6 is 0 Å². The molecule has 1 aliphatic rings. The smallest absolute Gasteiger partial charge is 0.243 e. The van der Waals surface area contributed by atoms with Gasteiger partial charge in [0.1, 0.15) is 5.75 Å². The maximum Gasteiger partial charge on any atom is 0.243 e. The zero-order chi connectivity index (χ0) is 18.7. The topological polar surface area (TPSA) is 46.6 Å². The molecule has 2 aromatic rings. The van der Waals surface area contributed by atoms with Crippen LogP contribution in [0.2, 0.25) is 0 Å². The summed E-state index contributed by atoms with van der Waals surface area (Å²) in [5.41, 5.74) is 3.29. The van der Waals surface area contributed by atoms with Gasteiger partial charge in [-0.1, -0.05) is 24.6 Å². The third-order valence-electron chi connectivity index (χ3n) is 5.34. The van der Waals surface area contributed by atoms with Crippen molar-refractivity contribution in [2.75, 3.05) is 20.2 Å². The second-order valence-corrected chi connectivity index (χ2v) is 9.01. The first-order valence-electron chi connectivity index (χ1n) is 9.13. The Morgan fingerprint density at radius 1 is 1.00 bits per heavy atom. The average Bonchev–Trinajstić information content (AvgIpc) is 2.91. The van der Waals surface area contributed by atoms with Crippen LogP contribution in [-0.2, 0) is 10.0 Å². The number of nitrogens with zero attached hydrogens (tertiary/aromatic N) is 1. The molecule has 3 rings (SSSR count). The van der Waals surface area contributed by atoms with Crippen molar-refractivity contribution in [3.05, 3.63) is 59.2 Å². The Labute approximate surface area is 156 Å². The van der Waals surface area contributed by atoms with E-state index in [1.54, 1.807) is 23.5 Å². The fraction of sp³-hybridized carbons (Fsp3) is 0.429. The van der Waals surface area contributed by atoms with Crippen LogP contribution in [0.4, 0.5) is 0 Å². The van der Waals surface area contributed by atoms with Gasteiger partial charge in [-0.2, -0.15) is 4.31 Å². The van der Waals surface area contributed by atoms with E-state index in [4.69, 9.17) is 4.74 Å². The van der Waals surface area contributed by atoms with Gasteiger partial charge >= 0.3 is 0 Å². The van der Waals surface area contributed by atoms with Crippen molar-refractivity contribution in [2.45, 2.75) is 43.9 Å². The van der Waals surface area contributed by atoms with E-state index in [0.29, 0.717) is 18.0 Å². The lowest BCUT2D eigenvalue weighted by Crippen LogP contribution is -2.34. The minimum absolute atomic E-state index is 0.213. The maximum absolute atomic E-state index is 13.2. The van der Waals surface area contributed by atoms with Crippen molar-refractivity contribution in [3.8, 4) is 5.75 Å². The van der Waals surface area contributed by atoms with Crippen LogP contribution in [0.1, 0.15) is 41.9 Å². The molecule has 1 aliphatic heterocycles. The highest BCUT2D eigenvalue weighted by Gasteiger charge is 2.29. The van der Waals surface area contributed by atoms with Crippen LogP contribution in [0.5, 0.6) is 5.75 Å². The van der Waals surface area contributed by atoms with Gasteiger partial charge in [0.15, 0.2) is 0 Å². The van der Waals surface area contributed by atoms with Crippen LogP contribution in [-0.4, -0.2) is 32.9 Å². The first-order chi connectivity index (χ1) is 12.4. The van der Waals surface area contributed by atoms with E-state index in [1.807, 2.05) is 32.0 Å². The molecule has 0 saturated carbocycles. The highest BCUT2D eigenvalue weighted by Crippen LogP contribution is 2.31. The maximum atomic E-state index is 13.2. The fourth-order valence-electron chi connectivity index (χ4n) is 3.50. The van der Waals surface area contributed by atoms with Crippen molar-refractivity contribution in [2.24, 2.45) is 0 Å². The van der Waals surface area contributed by atoms with Gasteiger partial charge < -0.3 is 4.74 Å². The zero-order valence-electron chi connectivity index (χ0n) is 15.7. The first kappa shape index (κ1) is 18.9. The number of benzene rings is 2. The summed E-state index contributed by atoms with van der Waals surface area (Å²) in [6, 6.07) is 13.4. The Morgan fingerprint density at radius 2 is 1.73 bits per heavy atom. The summed E-state index contributed by atoms with van der Waals surface area (Å²) in [6.45, 7) is 5.07. The van der Waals surface area contributed by atoms with Gasteiger partial charge in [0.2, 0.25) is 10.0 Å². The van der Waals surface area contributed by atoms with Gasteiger partial charge in [0, 0.05) is 13.1 Å². The number of hydrogen-bond donors (Lipinski definition) is 0. The van der Waals surface area contributed by atoms with Crippen LogP contribution in [0.25, 0.3) is 0 Å². The van der Waals surface area contributed by atoms with Crippen molar-refractivity contribution in [3.63, 3.8) is 0 Å². The van der Waals surface area contributed by atoms with Crippen LogP contribution in [0.15, 0.2) is 47.4 Å². The molecule has 1 unspecified atom stereocenters. The van der Waals surface area contributed by atoms with Crippen molar-refractivity contribution >= 4 is 10.0 Å². The molecule has 0 aromatic heterocycles. The van der Waals surface area contributed by atoms with Crippen LogP contribution in [0.3, 0.4) is 0 Å². The Morgan fingerprint density at radius 3 is 2.38 bits per heavy atom. The summed E-state index contributed by atoms with van der Waals surface area (Å²) < 4.78 is 33.3. The zero-order valence-corrected chi connectivity index (χ0v) is 16.6. The monoisotopic (exact) mass is 373 g/mol. The molecule has 140 valence electrons. The number of rotatable bonds is 4. The molecule has 4 nitrogen and oxygen atoms in total. The first-order valence-corrected chi connectivity index (χ1v) is 10.6. The van der Waals surface area contributed by atoms with Crippen molar-refractivity contribution in [1.82, 2.24) is 4.31 Å². The molecule has 1 fully saturated rings. The number of aryl methyl sites for hydroxylation is 2. The van der Waals surface area contributed by atoms with E-state index in [-0.39, 0.29) is 5.92 Å². The minimum atomic E-state index is -3.47. The SMILES string of the molecule is COc1ccc(C2CCCCN(S(=O)(=O)c3ccc(C)c(C)c3)C2)cc1. The molecule has 0 spiro atoms. The molecule has 0 N–H and O–H groups in total. The standard InChI is InChI=1S/C21H27NO3S/c1-16-7-12-21(14-17(16)2)26(23,24)22-13-5-4-6-19(15-22)18-8-10-20(25-3)11-9-18/h7-12,14,19H,4-6,13,15H2,1-3H3. The van der Waals surface area contributed by atoms with Gasteiger partial charge in [-0.05, 0) is 73.6 Å².